The van der Waals surface area contributed by atoms with Gasteiger partial charge in [-0.15, -0.1) is 0 Å². The summed E-state index contributed by atoms with van der Waals surface area (Å²) in [6, 6.07) is 0. The molecule has 2 fully saturated rings. The van der Waals surface area contributed by atoms with Crippen molar-refractivity contribution in [1.82, 2.24) is 0 Å². The van der Waals surface area contributed by atoms with Crippen molar-refractivity contribution < 1.29 is 14.2 Å². The molecule has 0 aromatic carbocycles. The molecule has 2 heterocycles. The van der Waals surface area contributed by atoms with Crippen LogP contribution in [0, 0.1) is 5.92 Å². The van der Waals surface area contributed by atoms with Crippen LogP contribution in [-0.2, 0) is 14.2 Å². The van der Waals surface area contributed by atoms with Crippen LogP contribution in [0.2, 0.25) is 0 Å². The molecule has 0 bridgehead atoms. The zero-order chi connectivity index (χ0) is 8.39. The van der Waals surface area contributed by atoms with Gasteiger partial charge in [-0.25, -0.2) is 0 Å². The highest BCUT2D eigenvalue weighted by molar-refractivity contribution is 4.77. The molecule has 0 amide bonds. The maximum Gasteiger partial charge on any atom is 0.104 e. The zero-order valence-electron chi connectivity index (χ0n) is 7.49. The van der Waals surface area contributed by atoms with Gasteiger partial charge in [0, 0.05) is 5.92 Å². The molecule has 3 nitrogen and oxygen atoms in total. The van der Waals surface area contributed by atoms with Crippen molar-refractivity contribution in [3.05, 3.63) is 0 Å². The van der Waals surface area contributed by atoms with Crippen molar-refractivity contribution in [2.24, 2.45) is 5.92 Å². The van der Waals surface area contributed by atoms with Gasteiger partial charge in [-0.3, -0.25) is 0 Å². The second-order valence-electron chi connectivity index (χ2n) is 3.53. The van der Waals surface area contributed by atoms with Crippen molar-refractivity contribution in [3.8, 4) is 0 Å². The van der Waals surface area contributed by atoms with Gasteiger partial charge in [0.1, 0.15) is 6.10 Å². The fourth-order valence-corrected chi connectivity index (χ4v) is 1.49. The summed E-state index contributed by atoms with van der Waals surface area (Å²) in [7, 11) is 0. The normalized spacial score (nSPS) is 39.2. The third-order valence-corrected chi connectivity index (χ3v) is 2.49. The second kappa shape index (κ2) is 3.73. The first kappa shape index (κ1) is 8.48. The summed E-state index contributed by atoms with van der Waals surface area (Å²) in [4.78, 5) is 0. The topological polar surface area (TPSA) is 31.0 Å². The molecule has 3 heteroatoms. The molecule has 0 aromatic rings. The average molecular weight is 172 g/mol. The van der Waals surface area contributed by atoms with Gasteiger partial charge in [0.2, 0.25) is 0 Å². The monoisotopic (exact) mass is 172 g/mol. The molecule has 0 N–H and O–H groups in total. The fourth-order valence-electron chi connectivity index (χ4n) is 1.49. The smallest absolute Gasteiger partial charge is 0.104 e. The van der Waals surface area contributed by atoms with E-state index < -0.39 is 0 Å². The van der Waals surface area contributed by atoms with Crippen LogP contribution in [0.15, 0.2) is 0 Å². The van der Waals surface area contributed by atoms with Gasteiger partial charge in [0.05, 0.1) is 32.5 Å². The van der Waals surface area contributed by atoms with Crippen LogP contribution in [0.4, 0.5) is 0 Å². The lowest BCUT2D eigenvalue weighted by Gasteiger charge is -2.35. The van der Waals surface area contributed by atoms with E-state index in [1.165, 1.54) is 0 Å². The van der Waals surface area contributed by atoms with E-state index >= 15 is 0 Å². The molecule has 0 spiro atoms. The highest BCUT2D eigenvalue weighted by atomic mass is 16.6. The molecular formula is C9H16O3. The largest absolute Gasteiger partial charge is 0.378 e. The maximum absolute atomic E-state index is 5.49. The predicted octanol–water partition coefficient (Wildman–Crippen LogP) is 0.827. The molecule has 2 aliphatic rings. The molecule has 0 saturated carbocycles. The third kappa shape index (κ3) is 1.97. The van der Waals surface area contributed by atoms with E-state index in [1.807, 2.05) is 0 Å². The van der Waals surface area contributed by atoms with E-state index in [-0.39, 0.29) is 0 Å². The van der Waals surface area contributed by atoms with E-state index in [0.29, 0.717) is 18.1 Å². The molecule has 0 aromatic heterocycles. The van der Waals surface area contributed by atoms with Crippen LogP contribution in [0.25, 0.3) is 0 Å². The number of rotatable bonds is 5. The molecule has 2 rings (SSSR count). The summed E-state index contributed by atoms with van der Waals surface area (Å²) in [6.45, 7) is 5.54. The standard InChI is InChI=1S/C9H16O3/c1-2-9-7(4-12-9)3-10-5-8-6-11-8/h7-9H,2-6H2,1H3. The lowest BCUT2D eigenvalue weighted by atomic mass is 9.97. The van der Waals surface area contributed by atoms with Gasteiger partial charge in [0.15, 0.2) is 0 Å². The molecule has 2 aliphatic heterocycles. The van der Waals surface area contributed by atoms with Crippen LogP contribution in [0.1, 0.15) is 13.3 Å². The van der Waals surface area contributed by atoms with Crippen molar-refractivity contribution in [2.75, 3.05) is 26.4 Å². The summed E-state index contributed by atoms with van der Waals surface area (Å²) in [5, 5.41) is 0. The molecule has 0 radical (unpaired) electrons. The van der Waals surface area contributed by atoms with Crippen LogP contribution in [0.5, 0.6) is 0 Å². The van der Waals surface area contributed by atoms with Gasteiger partial charge in [-0.05, 0) is 6.42 Å². The van der Waals surface area contributed by atoms with Gasteiger partial charge in [-0.2, -0.15) is 0 Å². The van der Waals surface area contributed by atoms with Gasteiger partial charge >= 0.3 is 0 Å². The van der Waals surface area contributed by atoms with Crippen molar-refractivity contribution in [2.45, 2.75) is 25.6 Å². The summed E-state index contributed by atoms with van der Waals surface area (Å²) in [5.74, 6) is 0.633. The van der Waals surface area contributed by atoms with E-state index in [1.54, 1.807) is 0 Å². The quantitative estimate of drug-likeness (QED) is 0.575. The Balaban J connectivity index is 1.53. The summed E-state index contributed by atoms with van der Waals surface area (Å²) in [5.41, 5.74) is 0. The number of hydrogen-bond donors (Lipinski definition) is 0. The first-order valence-electron chi connectivity index (χ1n) is 4.71. The molecule has 70 valence electrons. The Bertz CT molecular complexity index is 143. The van der Waals surface area contributed by atoms with E-state index in [4.69, 9.17) is 14.2 Å². The van der Waals surface area contributed by atoms with Gasteiger partial charge in [0.25, 0.3) is 0 Å². The zero-order valence-corrected chi connectivity index (χ0v) is 7.49. The Labute approximate surface area is 73.0 Å². The van der Waals surface area contributed by atoms with E-state index in [0.717, 1.165) is 32.8 Å². The number of hydrogen-bond acceptors (Lipinski definition) is 3. The Morgan fingerprint density at radius 2 is 2.08 bits per heavy atom. The molecule has 2 saturated heterocycles. The summed E-state index contributed by atoms with van der Waals surface area (Å²) < 4.78 is 15.9. The molecule has 0 aliphatic carbocycles. The lowest BCUT2D eigenvalue weighted by molar-refractivity contribution is -0.141. The Morgan fingerprint density at radius 3 is 2.58 bits per heavy atom. The molecule has 12 heavy (non-hydrogen) atoms. The maximum atomic E-state index is 5.49. The van der Waals surface area contributed by atoms with Crippen LogP contribution in [0.3, 0.4) is 0 Å². The highest BCUT2D eigenvalue weighted by Crippen LogP contribution is 2.23. The Morgan fingerprint density at radius 1 is 1.25 bits per heavy atom. The summed E-state index contributed by atoms with van der Waals surface area (Å²) >= 11 is 0. The van der Waals surface area contributed by atoms with Crippen molar-refractivity contribution >= 4 is 0 Å². The van der Waals surface area contributed by atoms with E-state index in [2.05, 4.69) is 6.92 Å². The van der Waals surface area contributed by atoms with Gasteiger partial charge in [-0.1, -0.05) is 6.92 Å². The minimum Gasteiger partial charge on any atom is -0.378 e. The van der Waals surface area contributed by atoms with Gasteiger partial charge < -0.3 is 14.2 Å². The average Bonchev–Trinajstić information content (AvgIpc) is 2.80. The molecular weight excluding hydrogens is 156 g/mol. The molecule has 3 unspecified atom stereocenters. The molecule has 3 atom stereocenters. The number of epoxide rings is 1. The Kier molecular flexibility index (Phi) is 2.63. The lowest BCUT2D eigenvalue weighted by Crippen LogP contribution is -2.42. The SMILES string of the molecule is CCC1OCC1COCC1CO1. The van der Waals surface area contributed by atoms with Crippen LogP contribution in [-0.4, -0.2) is 38.6 Å². The van der Waals surface area contributed by atoms with Crippen molar-refractivity contribution in [3.63, 3.8) is 0 Å². The van der Waals surface area contributed by atoms with Crippen LogP contribution >= 0.6 is 0 Å². The predicted molar refractivity (Wildman–Crippen MR) is 44.1 cm³/mol. The first-order valence-corrected chi connectivity index (χ1v) is 4.71. The Hall–Kier alpha value is -0.120. The minimum atomic E-state index is 0.395. The van der Waals surface area contributed by atoms with Crippen LogP contribution < -0.4 is 0 Å². The van der Waals surface area contributed by atoms with E-state index in [9.17, 15) is 0 Å². The minimum absolute atomic E-state index is 0.395. The second-order valence-corrected chi connectivity index (χ2v) is 3.53. The fraction of sp³-hybridized carbons (Fsp3) is 1.00. The number of ether oxygens (including phenoxy) is 3. The first-order chi connectivity index (χ1) is 5.90. The summed E-state index contributed by atoms with van der Waals surface area (Å²) in [6.07, 6.45) is 1.95. The van der Waals surface area contributed by atoms with Crippen molar-refractivity contribution in [1.29, 1.82) is 0 Å². The highest BCUT2D eigenvalue weighted by Gasteiger charge is 2.31. The third-order valence-electron chi connectivity index (χ3n) is 2.49.